The van der Waals surface area contributed by atoms with E-state index in [1.54, 1.807) is 14.2 Å². The Hall–Kier alpha value is -1.73. The molecule has 3 rings (SSSR count). The zero-order valence-electron chi connectivity index (χ0n) is 10.9. The SMILES string of the molecule is COc1cccc(OC)c1-c1cccc2c1PCO2. The number of rotatable bonds is 3. The standard InChI is InChI=1S/C15H15O3P/c1-16-11-6-4-7-12(17-2)14(11)10-5-3-8-13-15(10)19-9-18-13/h3-8,19H,9H2,1-2H3. The number of methoxy groups -OCH3 is 2. The molecular formula is C15H15O3P. The van der Waals surface area contributed by atoms with Gasteiger partial charge in [-0.05, 0) is 26.8 Å². The quantitative estimate of drug-likeness (QED) is 0.805. The predicted molar refractivity (Wildman–Crippen MR) is 78.4 cm³/mol. The molecule has 3 nitrogen and oxygen atoms in total. The maximum Gasteiger partial charge on any atom is 0.130 e. The van der Waals surface area contributed by atoms with Crippen molar-refractivity contribution in [3.8, 4) is 28.4 Å². The van der Waals surface area contributed by atoms with E-state index < -0.39 is 0 Å². The Bertz CT molecular complexity index is 588. The van der Waals surface area contributed by atoms with E-state index in [4.69, 9.17) is 14.2 Å². The van der Waals surface area contributed by atoms with Gasteiger partial charge in [-0.25, -0.2) is 0 Å². The Balaban J connectivity index is 2.25. The van der Waals surface area contributed by atoms with Crippen LogP contribution in [0, 0.1) is 0 Å². The number of hydrogen-bond donors (Lipinski definition) is 0. The smallest absolute Gasteiger partial charge is 0.130 e. The predicted octanol–water partition coefficient (Wildman–Crippen LogP) is 3.02. The summed E-state index contributed by atoms with van der Waals surface area (Å²) in [5, 5.41) is 1.25. The van der Waals surface area contributed by atoms with Crippen molar-refractivity contribution in [2.45, 2.75) is 0 Å². The van der Waals surface area contributed by atoms with Gasteiger partial charge in [0.05, 0.1) is 19.8 Å². The van der Waals surface area contributed by atoms with Crippen LogP contribution in [0.2, 0.25) is 0 Å². The van der Waals surface area contributed by atoms with E-state index >= 15 is 0 Å². The molecule has 0 spiro atoms. The van der Waals surface area contributed by atoms with Crippen molar-refractivity contribution in [3.63, 3.8) is 0 Å². The molecule has 0 aliphatic carbocycles. The lowest BCUT2D eigenvalue weighted by atomic mass is 10.0. The summed E-state index contributed by atoms with van der Waals surface area (Å²) in [4.78, 5) is 0. The third-order valence-electron chi connectivity index (χ3n) is 3.20. The Morgan fingerprint density at radius 1 is 1.00 bits per heavy atom. The zero-order valence-corrected chi connectivity index (χ0v) is 11.9. The number of benzene rings is 2. The van der Waals surface area contributed by atoms with E-state index in [0.717, 1.165) is 34.7 Å². The molecule has 0 saturated carbocycles. The molecule has 0 radical (unpaired) electrons. The third kappa shape index (κ3) is 2.04. The molecule has 1 unspecified atom stereocenters. The second-order valence-corrected chi connectivity index (χ2v) is 5.32. The topological polar surface area (TPSA) is 27.7 Å². The van der Waals surface area contributed by atoms with Crippen molar-refractivity contribution >= 4 is 13.9 Å². The molecule has 1 aliphatic rings. The van der Waals surface area contributed by atoms with Crippen molar-refractivity contribution < 1.29 is 14.2 Å². The Morgan fingerprint density at radius 2 is 1.68 bits per heavy atom. The van der Waals surface area contributed by atoms with Gasteiger partial charge >= 0.3 is 0 Å². The summed E-state index contributed by atoms with van der Waals surface area (Å²) in [6.07, 6.45) is 0.768. The van der Waals surface area contributed by atoms with E-state index in [1.165, 1.54) is 5.30 Å². The summed E-state index contributed by atoms with van der Waals surface area (Å²) in [7, 11) is 4.03. The minimum Gasteiger partial charge on any atom is -0.496 e. The molecule has 1 aliphatic heterocycles. The highest BCUT2D eigenvalue weighted by Gasteiger charge is 2.21. The third-order valence-corrected chi connectivity index (χ3v) is 4.36. The van der Waals surface area contributed by atoms with Gasteiger partial charge < -0.3 is 14.2 Å². The molecule has 4 heteroatoms. The summed E-state index contributed by atoms with van der Waals surface area (Å²) in [5.41, 5.74) is 2.14. The average molecular weight is 274 g/mol. The normalized spacial score (nSPS) is 14.0. The molecule has 0 saturated heterocycles. The second-order valence-electron chi connectivity index (χ2n) is 4.18. The fourth-order valence-electron chi connectivity index (χ4n) is 2.34. The van der Waals surface area contributed by atoms with Crippen molar-refractivity contribution in [1.29, 1.82) is 0 Å². The lowest BCUT2D eigenvalue weighted by molar-refractivity contribution is 0.397. The molecule has 0 amide bonds. The van der Waals surface area contributed by atoms with Crippen molar-refractivity contribution in [2.75, 3.05) is 20.6 Å². The van der Waals surface area contributed by atoms with Gasteiger partial charge in [-0.2, -0.15) is 0 Å². The fraction of sp³-hybridized carbons (Fsp3) is 0.200. The highest BCUT2D eigenvalue weighted by atomic mass is 31.1. The first kappa shape index (κ1) is 12.3. The van der Waals surface area contributed by atoms with Crippen LogP contribution in [0.15, 0.2) is 36.4 Å². The fourth-order valence-corrected chi connectivity index (χ4v) is 3.45. The summed E-state index contributed by atoms with van der Waals surface area (Å²) in [5.74, 6) is 2.62. The van der Waals surface area contributed by atoms with Gasteiger partial charge in [0.25, 0.3) is 0 Å². The lowest BCUT2D eigenvalue weighted by Gasteiger charge is -2.15. The van der Waals surface area contributed by atoms with Gasteiger partial charge in [-0.1, -0.05) is 18.2 Å². The molecule has 19 heavy (non-hydrogen) atoms. The van der Waals surface area contributed by atoms with Crippen LogP contribution in [0.3, 0.4) is 0 Å². The minimum atomic E-state index is 0.666. The van der Waals surface area contributed by atoms with Crippen LogP contribution in [0.25, 0.3) is 11.1 Å². The molecule has 98 valence electrons. The van der Waals surface area contributed by atoms with Gasteiger partial charge in [0.15, 0.2) is 0 Å². The van der Waals surface area contributed by atoms with Crippen LogP contribution < -0.4 is 19.5 Å². The highest BCUT2D eigenvalue weighted by Crippen LogP contribution is 2.42. The molecule has 1 heterocycles. The molecular weight excluding hydrogens is 259 g/mol. The Morgan fingerprint density at radius 3 is 2.37 bits per heavy atom. The van der Waals surface area contributed by atoms with Crippen molar-refractivity contribution in [1.82, 2.24) is 0 Å². The van der Waals surface area contributed by atoms with Crippen molar-refractivity contribution in [2.24, 2.45) is 0 Å². The largest absolute Gasteiger partial charge is 0.496 e. The second kappa shape index (κ2) is 5.10. The summed E-state index contributed by atoms with van der Waals surface area (Å²) in [6.45, 7) is 0. The molecule has 1 atom stereocenters. The summed E-state index contributed by atoms with van der Waals surface area (Å²) in [6, 6.07) is 12.0. The summed E-state index contributed by atoms with van der Waals surface area (Å²) < 4.78 is 16.6. The molecule has 0 fully saturated rings. The number of hydrogen-bond acceptors (Lipinski definition) is 3. The van der Waals surface area contributed by atoms with E-state index in [0.29, 0.717) is 8.58 Å². The van der Waals surface area contributed by atoms with Gasteiger partial charge in [0.1, 0.15) is 23.6 Å². The zero-order chi connectivity index (χ0) is 13.2. The first-order valence-corrected chi connectivity index (χ1v) is 7.27. The van der Waals surface area contributed by atoms with Gasteiger partial charge in [-0.3, -0.25) is 0 Å². The average Bonchev–Trinajstić information content (AvgIpc) is 2.94. The van der Waals surface area contributed by atoms with E-state index in [9.17, 15) is 0 Å². The maximum absolute atomic E-state index is 5.64. The van der Waals surface area contributed by atoms with Crippen LogP contribution in [0.5, 0.6) is 17.2 Å². The number of ether oxygens (including phenoxy) is 3. The molecule has 2 aromatic rings. The van der Waals surface area contributed by atoms with Crippen molar-refractivity contribution in [3.05, 3.63) is 36.4 Å². The van der Waals surface area contributed by atoms with Crippen LogP contribution in [-0.2, 0) is 0 Å². The first-order chi connectivity index (χ1) is 9.35. The van der Waals surface area contributed by atoms with Crippen LogP contribution in [0.4, 0.5) is 0 Å². The van der Waals surface area contributed by atoms with Gasteiger partial charge in [-0.15, -0.1) is 0 Å². The highest BCUT2D eigenvalue weighted by molar-refractivity contribution is 7.48. The summed E-state index contributed by atoms with van der Waals surface area (Å²) >= 11 is 0. The Labute approximate surface area is 114 Å². The van der Waals surface area contributed by atoms with Gasteiger partial charge in [0, 0.05) is 10.9 Å². The van der Waals surface area contributed by atoms with E-state index in [-0.39, 0.29) is 0 Å². The monoisotopic (exact) mass is 274 g/mol. The minimum absolute atomic E-state index is 0.666. The maximum atomic E-state index is 5.64. The first-order valence-electron chi connectivity index (χ1n) is 6.06. The van der Waals surface area contributed by atoms with Crippen LogP contribution in [-0.4, -0.2) is 20.6 Å². The number of fused-ring (bicyclic) bond motifs is 1. The van der Waals surface area contributed by atoms with Gasteiger partial charge in [0.2, 0.25) is 0 Å². The van der Waals surface area contributed by atoms with Crippen LogP contribution >= 0.6 is 8.58 Å². The Kier molecular flexibility index (Phi) is 3.31. The lowest BCUT2D eigenvalue weighted by Crippen LogP contribution is -2.01. The molecule has 0 aromatic heterocycles. The molecule has 0 N–H and O–H groups in total. The van der Waals surface area contributed by atoms with E-state index in [2.05, 4.69) is 6.07 Å². The molecule has 0 bridgehead atoms. The molecule has 2 aromatic carbocycles. The van der Waals surface area contributed by atoms with E-state index in [1.807, 2.05) is 30.3 Å². The van der Waals surface area contributed by atoms with Crippen LogP contribution in [0.1, 0.15) is 0 Å².